The van der Waals surface area contributed by atoms with Crippen molar-refractivity contribution in [3.05, 3.63) is 29.8 Å². The van der Waals surface area contributed by atoms with Gasteiger partial charge in [-0.3, -0.25) is 4.79 Å². The molecule has 2 heterocycles. The van der Waals surface area contributed by atoms with Gasteiger partial charge < -0.3 is 15.5 Å². The molecule has 0 unspecified atom stereocenters. The number of nitrogens with zero attached hydrogens (tertiary/aromatic N) is 1. The summed E-state index contributed by atoms with van der Waals surface area (Å²) in [6.07, 6.45) is -3.34. The fourth-order valence-electron chi connectivity index (χ4n) is 4.71. The van der Waals surface area contributed by atoms with E-state index in [-0.39, 0.29) is 30.8 Å². The fourth-order valence-corrected chi connectivity index (χ4v) is 4.71. The molecule has 1 saturated carbocycles. The molecule has 4 nitrogen and oxygen atoms in total. The molecule has 1 aliphatic carbocycles. The van der Waals surface area contributed by atoms with E-state index in [1.807, 2.05) is 4.90 Å². The van der Waals surface area contributed by atoms with Crippen LogP contribution in [-0.4, -0.2) is 43.8 Å². The highest BCUT2D eigenvalue weighted by Gasteiger charge is 2.44. The van der Waals surface area contributed by atoms with Crippen LogP contribution in [0.5, 0.6) is 0 Å². The highest BCUT2D eigenvalue weighted by molar-refractivity contribution is 5.82. The Hall–Kier alpha value is -1.83. The van der Waals surface area contributed by atoms with Gasteiger partial charge in [0.1, 0.15) is 6.17 Å². The molecule has 0 bridgehead atoms. The zero-order valence-corrected chi connectivity index (χ0v) is 14.8. The molecule has 27 heavy (non-hydrogen) atoms. The van der Waals surface area contributed by atoms with E-state index < -0.39 is 24.0 Å². The van der Waals surface area contributed by atoms with E-state index in [1.54, 1.807) is 6.07 Å². The van der Waals surface area contributed by atoms with Crippen molar-refractivity contribution in [3.63, 3.8) is 0 Å². The molecular weight excluding hydrogens is 362 g/mol. The molecule has 4 rings (SSSR count). The third kappa shape index (κ3) is 3.77. The number of alkyl halides is 4. The third-order valence-electron chi connectivity index (χ3n) is 6.12. The molecule has 1 amide bonds. The number of benzene rings is 1. The molecule has 3 fully saturated rings. The lowest BCUT2D eigenvalue weighted by atomic mass is 9.97. The van der Waals surface area contributed by atoms with Crippen LogP contribution in [0.25, 0.3) is 0 Å². The zero-order chi connectivity index (χ0) is 19.2. The van der Waals surface area contributed by atoms with Crippen LogP contribution in [0, 0.1) is 11.8 Å². The lowest BCUT2D eigenvalue weighted by Crippen LogP contribution is -2.47. The van der Waals surface area contributed by atoms with Crippen LogP contribution in [0.2, 0.25) is 0 Å². The number of carbonyl (C=O) groups is 1. The number of nitrogens with one attached hydrogen (secondary N) is 2. The molecule has 0 radical (unpaired) electrons. The van der Waals surface area contributed by atoms with Crippen LogP contribution in [0.1, 0.15) is 24.8 Å². The van der Waals surface area contributed by atoms with Crippen molar-refractivity contribution >= 4 is 11.6 Å². The van der Waals surface area contributed by atoms with Crippen LogP contribution in [-0.2, 0) is 11.0 Å². The summed E-state index contributed by atoms with van der Waals surface area (Å²) >= 11 is 0. The predicted octanol–water partition coefficient (Wildman–Crippen LogP) is 2.74. The number of fused-ring (bicyclic) bond motifs is 1. The second-order valence-corrected chi connectivity index (χ2v) is 7.86. The number of amides is 1. The first kappa shape index (κ1) is 18.5. The van der Waals surface area contributed by atoms with Gasteiger partial charge >= 0.3 is 6.18 Å². The van der Waals surface area contributed by atoms with Crippen LogP contribution in [0.4, 0.5) is 23.2 Å². The van der Waals surface area contributed by atoms with Crippen LogP contribution >= 0.6 is 0 Å². The Labute approximate surface area is 155 Å². The SMILES string of the molecule is O=C(N[C@H]1CC[C@@H]2CN(c3cccc(C(F)(F)F)c3)C[C@@H]21)[C@@H]1C[C@@H](F)CN1. The summed E-state index contributed by atoms with van der Waals surface area (Å²) in [5, 5.41) is 5.94. The standard InChI is InChI=1S/C19H23F4N3O/c20-13-7-17(24-8-13)18(27)25-16-5-4-11-9-26(10-15(11)16)14-3-1-2-12(6-14)19(21,22)23/h1-3,6,11,13,15-17,24H,4-5,7-10H2,(H,25,27)/t11-,13-,15+,16+,17+/m1/s1. The van der Waals surface area contributed by atoms with Crippen molar-refractivity contribution in [3.8, 4) is 0 Å². The fraction of sp³-hybridized carbons (Fsp3) is 0.632. The lowest BCUT2D eigenvalue weighted by molar-refractivity contribution is -0.137. The van der Waals surface area contributed by atoms with Crippen molar-refractivity contribution < 1.29 is 22.4 Å². The van der Waals surface area contributed by atoms with E-state index in [2.05, 4.69) is 10.6 Å². The molecule has 0 spiro atoms. The topological polar surface area (TPSA) is 44.4 Å². The molecule has 148 valence electrons. The van der Waals surface area contributed by atoms with Gasteiger partial charge in [0, 0.05) is 43.7 Å². The first-order valence-electron chi connectivity index (χ1n) is 9.41. The maximum absolute atomic E-state index is 13.3. The number of anilines is 1. The van der Waals surface area contributed by atoms with Gasteiger partial charge in [-0.1, -0.05) is 6.07 Å². The minimum Gasteiger partial charge on any atom is -0.371 e. The van der Waals surface area contributed by atoms with Crippen molar-refractivity contribution in [2.45, 2.75) is 43.7 Å². The number of hydrogen-bond donors (Lipinski definition) is 2. The van der Waals surface area contributed by atoms with Crippen LogP contribution in [0.15, 0.2) is 24.3 Å². The van der Waals surface area contributed by atoms with Gasteiger partial charge in [-0.05, 0) is 37.0 Å². The molecular formula is C19H23F4N3O. The summed E-state index contributed by atoms with van der Waals surface area (Å²) in [5.41, 5.74) is -0.0722. The summed E-state index contributed by atoms with van der Waals surface area (Å²) in [7, 11) is 0. The molecule has 0 aromatic heterocycles. The molecule has 1 aromatic rings. The second-order valence-electron chi connectivity index (χ2n) is 7.86. The van der Waals surface area contributed by atoms with E-state index in [1.165, 1.54) is 12.1 Å². The van der Waals surface area contributed by atoms with Crippen molar-refractivity contribution in [2.75, 3.05) is 24.5 Å². The van der Waals surface area contributed by atoms with Crippen molar-refractivity contribution in [1.82, 2.24) is 10.6 Å². The van der Waals surface area contributed by atoms with Gasteiger partial charge in [-0.15, -0.1) is 0 Å². The molecule has 2 saturated heterocycles. The number of hydrogen-bond acceptors (Lipinski definition) is 3. The molecule has 1 aromatic carbocycles. The quantitative estimate of drug-likeness (QED) is 0.787. The van der Waals surface area contributed by atoms with E-state index in [0.717, 1.165) is 18.9 Å². The number of halogens is 4. The Morgan fingerprint density at radius 1 is 1.22 bits per heavy atom. The Morgan fingerprint density at radius 3 is 2.74 bits per heavy atom. The largest absolute Gasteiger partial charge is 0.416 e. The summed E-state index contributed by atoms with van der Waals surface area (Å²) in [6.45, 7) is 1.53. The third-order valence-corrected chi connectivity index (χ3v) is 6.12. The highest BCUT2D eigenvalue weighted by atomic mass is 19.4. The average molecular weight is 385 g/mol. The summed E-state index contributed by atoms with van der Waals surface area (Å²) in [4.78, 5) is 14.3. The van der Waals surface area contributed by atoms with Gasteiger partial charge in [0.05, 0.1) is 11.6 Å². The molecule has 2 aliphatic heterocycles. The Kier molecular flexibility index (Phi) is 4.78. The highest BCUT2D eigenvalue weighted by Crippen LogP contribution is 2.41. The van der Waals surface area contributed by atoms with Crippen molar-refractivity contribution in [2.24, 2.45) is 11.8 Å². The number of rotatable bonds is 3. The van der Waals surface area contributed by atoms with E-state index >= 15 is 0 Å². The molecule has 3 aliphatic rings. The molecule has 5 atom stereocenters. The number of carbonyl (C=O) groups excluding carboxylic acids is 1. The maximum Gasteiger partial charge on any atom is 0.416 e. The molecule has 2 N–H and O–H groups in total. The van der Waals surface area contributed by atoms with E-state index in [4.69, 9.17) is 0 Å². The zero-order valence-electron chi connectivity index (χ0n) is 14.8. The maximum atomic E-state index is 13.3. The smallest absolute Gasteiger partial charge is 0.371 e. The van der Waals surface area contributed by atoms with E-state index in [9.17, 15) is 22.4 Å². The first-order valence-corrected chi connectivity index (χ1v) is 9.41. The van der Waals surface area contributed by atoms with E-state index in [0.29, 0.717) is 24.7 Å². The Morgan fingerprint density at radius 2 is 2.04 bits per heavy atom. The van der Waals surface area contributed by atoms with Crippen LogP contribution < -0.4 is 15.5 Å². The van der Waals surface area contributed by atoms with Crippen molar-refractivity contribution in [1.29, 1.82) is 0 Å². The Balaban J connectivity index is 1.40. The van der Waals surface area contributed by atoms with Gasteiger partial charge in [-0.25, -0.2) is 4.39 Å². The summed E-state index contributed by atoms with van der Waals surface area (Å²) < 4.78 is 52.2. The predicted molar refractivity (Wildman–Crippen MR) is 93.1 cm³/mol. The van der Waals surface area contributed by atoms with Gasteiger partial charge in [0.2, 0.25) is 5.91 Å². The van der Waals surface area contributed by atoms with Gasteiger partial charge in [0.25, 0.3) is 0 Å². The minimum atomic E-state index is -4.36. The summed E-state index contributed by atoms with van der Waals surface area (Å²) in [6, 6.07) is 4.92. The van der Waals surface area contributed by atoms with Crippen LogP contribution in [0.3, 0.4) is 0 Å². The minimum absolute atomic E-state index is 0.00115. The Bertz CT molecular complexity index is 710. The summed E-state index contributed by atoms with van der Waals surface area (Å²) in [5.74, 6) is 0.402. The normalized spacial score (nSPS) is 33.3. The second kappa shape index (κ2) is 6.96. The average Bonchev–Trinajstić information content (AvgIpc) is 3.31. The first-order chi connectivity index (χ1) is 12.8. The lowest BCUT2D eigenvalue weighted by Gasteiger charge is -2.24. The molecule has 8 heteroatoms. The van der Waals surface area contributed by atoms with Gasteiger partial charge in [-0.2, -0.15) is 13.2 Å². The van der Waals surface area contributed by atoms with Gasteiger partial charge in [0.15, 0.2) is 0 Å². The monoisotopic (exact) mass is 385 g/mol.